The van der Waals surface area contributed by atoms with Gasteiger partial charge in [0.05, 0.1) is 48.9 Å². The second kappa shape index (κ2) is 9.21. The molecule has 1 aromatic heterocycles. The summed E-state index contributed by atoms with van der Waals surface area (Å²) in [7, 11) is 1.94. The first-order chi connectivity index (χ1) is 15.3. The molecule has 32 heavy (non-hydrogen) atoms. The van der Waals surface area contributed by atoms with Gasteiger partial charge >= 0.3 is 0 Å². The van der Waals surface area contributed by atoms with Crippen LogP contribution in [0.25, 0.3) is 0 Å². The molecule has 172 valence electrons. The number of benzene rings is 1. The van der Waals surface area contributed by atoms with E-state index in [9.17, 15) is 13.2 Å². The molecule has 2 atom stereocenters. The van der Waals surface area contributed by atoms with Gasteiger partial charge < -0.3 is 9.47 Å². The van der Waals surface area contributed by atoms with Crippen LogP contribution in [0, 0.1) is 0 Å². The SMILES string of the molecule is COc1ccc([C@@H]2CC(c3cccs3)=NN2C(=O)CN(C)[C@@H]2CCS(=O)(=O)C2)cc1OC. The fourth-order valence-corrected chi connectivity index (χ4v) is 6.72. The number of sulfone groups is 1. The van der Waals surface area contributed by atoms with Crippen LogP contribution in [0.4, 0.5) is 0 Å². The van der Waals surface area contributed by atoms with Gasteiger partial charge in [0.1, 0.15) is 0 Å². The number of thiophene rings is 1. The molecule has 8 nitrogen and oxygen atoms in total. The van der Waals surface area contributed by atoms with Crippen LogP contribution in [-0.2, 0) is 14.6 Å². The Kier molecular flexibility index (Phi) is 6.55. The summed E-state index contributed by atoms with van der Waals surface area (Å²) < 4.78 is 34.5. The lowest BCUT2D eigenvalue weighted by Crippen LogP contribution is -2.41. The quantitative estimate of drug-likeness (QED) is 0.609. The second-order valence-electron chi connectivity index (χ2n) is 8.07. The molecule has 1 aromatic carbocycles. The molecule has 10 heteroatoms. The van der Waals surface area contributed by atoms with Gasteiger partial charge in [-0.05, 0) is 42.6 Å². The van der Waals surface area contributed by atoms with Gasteiger partial charge in [0, 0.05) is 12.5 Å². The zero-order valence-electron chi connectivity index (χ0n) is 18.4. The van der Waals surface area contributed by atoms with Crippen molar-refractivity contribution in [3.63, 3.8) is 0 Å². The van der Waals surface area contributed by atoms with Crippen molar-refractivity contribution >= 4 is 32.8 Å². The number of likely N-dealkylation sites (N-methyl/N-ethyl adjacent to an activating group) is 1. The van der Waals surface area contributed by atoms with Gasteiger partial charge in [0.25, 0.3) is 5.91 Å². The van der Waals surface area contributed by atoms with Crippen molar-refractivity contribution in [3.8, 4) is 11.5 Å². The van der Waals surface area contributed by atoms with E-state index < -0.39 is 9.84 Å². The summed E-state index contributed by atoms with van der Waals surface area (Å²) in [6.07, 6.45) is 1.14. The topological polar surface area (TPSA) is 88.5 Å². The third-order valence-electron chi connectivity index (χ3n) is 5.98. The van der Waals surface area contributed by atoms with Crippen molar-refractivity contribution in [1.82, 2.24) is 9.91 Å². The highest BCUT2D eigenvalue weighted by molar-refractivity contribution is 7.91. The average Bonchev–Trinajstić information content (AvgIpc) is 3.52. The molecule has 2 aromatic rings. The number of nitrogens with zero attached hydrogens (tertiary/aromatic N) is 3. The maximum atomic E-state index is 13.3. The molecule has 0 unspecified atom stereocenters. The summed E-state index contributed by atoms with van der Waals surface area (Å²) in [5.74, 6) is 1.32. The summed E-state index contributed by atoms with van der Waals surface area (Å²) >= 11 is 1.59. The number of hydrogen-bond donors (Lipinski definition) is 0. The maximum absolute atomic E-state index is 13.3. The van der Waals surface area contributed by atoms with Gasteiger partial charge in [0.15, 0.2) is 21.3 Å². The first-order valence-electron chi connectivity index (χ1n) is 10.4. The fraction of sp³-hybridized carbons (Fsp3) is 0.455. The highest BCUT2D eigenvalue weighted by Crippen LogP contribution is 2.38. The van der Waals surface area contributed by atoms with Crippen molar-refractivity contribution in [2.75, 3.05) is 39.3 Å². The van der Waals surface area contributed by atoms with Crippen LogP contribution in [0.1, 0.15) is 29.3 Å². The van der Waals surface area contributed by atoms with Crippen molar-refractivity contribution in [2.45, 2.75) is 24.9 Å². The van der Waals surface area contributed by atoms with Crippen LogP contribution in [0.15, 0.2) is 40.8 Å². The minimum absolute atomic E-state index is 0.0968. The van der Waals surface area contributed by atoms with E-state index in [1.165, 1.54) is 5.01 Å². The van der Waals surface area contributed by atoms with Gasteiger partial charge in [-0.15, -0.1) is 11.3 Å². The lowest BCUT2D eigenvalue weighted by atomic mass is 10.0. The van der Waals surface area contributed by atoms with E-state index in [4.69, 9.17) is 9.47 Å². The zero-order chi connectivity index (χ0) is 22.9. The molecule has 1 amide bonds. The molecule has 2 aliphatic heterocycles. The minimum atomic E-state index is -3.02. The Morgan fingerprint density at radius 2 is 2.03 bits per heavy atom. The average molecular weight is 478 g/mol. The Morgan fingerprint density at radius 1 is 1.25 bits per heavy atom. The number of hydrogen-bond acceptors (Lipinski definition) is 8. The predicted molar refractivity (Wildman–Crippen MR) is 124 cm³/mol. The smallest absolute Gasteiger partial charge is 0.257 e. The van der Waals surface area contributed by atoms with E-state index in [0.29, 0.717) is 24.3 Å². The third kappa shape index (κ3) is 4.67. The van der Waals surface area contributed by atoms with Crippen molar-refractivity contribution in [3.05, 3.63) is 46.2 Å². The molecule has 2 aliphatic rings. The third-order valence-corrected chi connectivity index (χ3v) is 8.65. The van der Waals surface area contributed by atoms with E-state index in [-0.39, 0.29) is 36.0 Å². The Labute approximate surface area is 192 Å². The normalized spacial score (nSPS) is 22.2. The van der Waals surface area contributed by atoms with E-state index >= 15 is 0 Å². The van der Waals surface area contributed by atoms with Crippen LogP contribution in [0.3, 0.4) is 0 Å². The van der Waals surface area contributed by atoms with Crippen LogP contribution < -0.4 is 9.47 Å². The molecule has 0 N–H and O–H groups in total. The number of carbonyl (C=O) groups excluding carboxylic acids is 1. The zero-order valence-corrected chi connectivity index (χ0v) is 20.0. The van der Waals surface area contributed by atoms with Gasteiger partial charge in [-0.2, -0.15) is 5.10 Å². The summed E-state index contributed by atoms with van der Waals surface area (Å²) in [4.78, 5) is 16.2. The van der Waals surface area contributed by atoms with Gasteiger partial charge in [-0.1, -0.05) is 12.1 Å². The maximum Gasteiger partial charge on any atom is 0.257 e. The largest absolute Gasteiger partial charge is 0.493 e. The number of hydrazone groups is 1. The molecule has 3 heterocycles. The minimum Gasteiger partial charge on any atom is -0.493 e. The molecule has 0 aliphatic carbocycles. The van der Waals surface area contributed by atoms with Gasteiger partial charge in [-0.3, -0.25) is 9.69 Å². The molecule has 1 fully saturated rings. The van der Waals surface area contributed by atoms with Gasteiger partial charge in [0.2, 0.25) is 0 Å². The first-order valence-corrected chi connectivity index (χ1v) is 13.1. The van der Waals surface area contributed by atoms with Crippen molar-refractivity contribution in [1.29, 1.82) is 0 Å². The molecule has 0 radical (unpaired) electrons. The number of ether oxygens (including phenoxy) is 2. The Hall–Kier alpha value is -2.43. The lowest BCUT2D eigenvalue weighted by Gasteiger charge is -2.27. The summed E-state index contributed by atoms with van der Waals surface area (Å²) in [6.45, 7) is 0.102. The molecule has 0 bridgehead atoms. The molecule has 1 saturated heterocycles. The summed E-state index contributed by atoms with van der Waals surface area (Å²) in [6, 6.07) is 9.17. The highest BCUT2D eigenvalue weighted by Gasteiger charge is 2.36. The Balaban J connectivity index is 1.59. The lowest BCUT2D eigenvalue weighted by molar-refractivity contribution is -0.134. The number of rotatable bonds is 7. The van der Waals surface area contributed by atoms with Crippen LogP contribution in [0.2, 0.25) is 0 Å². The summed E-state index contributed by atoms with van der Waals surface area (Å²) in [5.41, 5.74) is 1.76. The Morgan fingerprint density at radius 3 is 2.66 bits per heavy atom. The molecular formula is C22H27N3O5S2. The standard InChI is InChI=1S/C22H27N3O5S2/c1-24(16-8-10-32(27,28)14-16)13-22(26)25-18(12-17(23-25)21-5-4-9-31-21)15-6-7-19(29-2)20(11-15)30-3/h4-7,9,11,16,18H,8,10,12-14H2,1-3H3/t16-,18+/m1/s1. The number of carbonyl (C=O) groups is 1. The number of methoxy groups -OCH3 is 2. The summed E-state index contributed by atoms with van der Waals surface area (Å²) in [5, 5.41) is 8.21. The predicted octanol–water partition coefficient (Wildman–Crippen LogP) is 2.56. The van der Waals surface area contributed by atoms with Crippen molar-refractivity contribution in [2.24, 2.45) is 5.10 Å². The van der Waals surface area contributed by atoms with E-state index in [1.807, 2.05) is 40.6 Å². The monoisotopic (exact) mass is 477 g/mol. The molecular weight excluding hydrogens is 450 g/mol. The van der Waals surface area contributed by atoms with E-state index in [2.05, 4.69) is 5.10 Å². The number of amides is 1. The second-order valence-corrected chi connectivity index (χ2v) is 11.2. The molecule has 0 saturated carbocycles. The van der Waals surface area contributed by atoms with Crippen LogP contribution >= 0.6 is 11.3 Å². The Bertz CT molecular complexity index is 1110. The fourth-order valence-electron chi connectivity index (χ4n) is 4.19. The van der Waals surface area contributed by atoms with E-state index in [1.54, 1.807) is 32.6 Å². The first kappa shape index (κ1) is 22.8. The van der Waals surface area contributed by atoms with Crippen LogP contribution in [0.5, 0.6) is 11.5 Å². The van der Waals surface area contributed by atoms with E-state index in [0.717, 1.165) is 16.2 Å². The highest BCUT2D eigenvalue weighted by atomic mass is 32.2. The molecule has 0 spiro atoms. The van der Waals surface area contributed by atoms with Gasteiger partial charge in [-0.25, -0.2) is 13.4 Å². The van der Waals surface area contributed by atoms with Crippen molar-refractivity contribution < 1.29 is 22.7 Å². The van der Waals surface area contributed by atoms with Crippen LogP contribution in [-0.4, -0.2) is 75.3 Å². The molecule has 4 rings (SSSR count).